The Kier molecular flexibility index (Phi) is 4.21. The number of carbonyl (C=O) groups is 1. The SMILES string of the molecule is COc1ccc([C@H]2CN(C(=O)c3ccnn3C)[C@@H]3CCNC[C@H]23)cc1. The molecule has 6 heteroatoms. The third-order valence-electron chi connectivity index (χ3n) is 5.65. The first-order valence-corrected chi connectivity index (χ1v) is 8.82. The third-order valence-corrected chi connectivity index (χ3v) is 5.65. The summed E-state index contributed by atoms with van der Waals surface area (Å²) in [6.07, 6.45) is 2.69. The number of fused-ring (bicyclic) bond motifs is 1. The Morgan fingerprint density at radius 3 is 2.76 bits per heavy atom. The van der Waals surface area contributed by atoms with Crippen LogP contribution in [-0.2, 0) is 7.05 Å². The van der Waals surface area contributed by atoms with E-state index in [4.69, 9.17) is 4.74 Å². The maximum atomic E-state index is 13.1. The maximum absolute atomic E-state index is 13.1. The molecule has 0 bridgehead atoms. The van der Waals surface area contributed by atoms with Gasteiger partial charge < -0.3 is 15.0 Å². The Morgan fingerprint density at radius 1 is 1.28 bits per heavy atom. The second-order valence-electron chi connectivity index (χ2n) is 6.90. The number of nitrogens with one attached hydrogen (secondary N) is 1. The zero-order valence-electron chi connectivity index (χ0n) is 14.7. The van der Waals surface area contributed by atoms with Crippen molar-refractivity contribution in [1.29, 1.82) is 0 Å². The lowest BCUT2D eigenvalue weighted by atomic mass is 9.82. The zero-order chi connectivity index (χ0) is 17.4. The Morgan fingerprint density at radius 2 is 2.08 bits per heavy atom. The second kappa shape index (κ2) is 6.52. The van der Waals surface area contributed by atoms with Crippen LogP contribution in [0.2, 0.25) is 0 Å². The summed E-state index contributed by atoms with van der Waals surface area (Å²) in [6, 6.07) is 10.4. The quantitative estimate of drug-likeness (QED) is 0.923. The van der Waals surface area contributed by atoms with Crippen LogP contribution < -0.4 is 10.1 Å². The maximum Gasteiger partial charge on any atom is 0.272 e. The molecule has 2 aromatic rings. The average Bonchev–Trinajstić information content (AvgIpc) is 3.25. The van der Waals surface area contributed by atoms with Gasteiger partial charge >= 0.3 is 0 Å². The molecule has 0 aliphatic carbocycles. The second-order valence-corrected chi connectivity index (χ2v) is 6.90. The number of benzene rings is 1. The predicted molar refractivity (Wildman–Crippen MR) is 94.7 cm³/mol. The summed E-state index contributed by atoms with van der Waals surface area (Å²) in [6.45, 7) is 2.68. The van der Waals surface area contributed by atoms with Crippen LogP contribution in [0.5, 0.6) is 5.75 Å². The zero-order valence-corrected chi connectivity index (χ0v) is 14.7. The van der Waals surface area contributed by atoms with Crippen LogP contribution in [-0.4, -0.2) is 53.4 Å². The van der Waals surface area contributed by atoms with Crippen molar-refractivity contribution in [2.45, 2.75) is 18.4 Å². The minimum Gasteiger partial charge on any atom is -0.497 e. The van der Waals surface area contributed by atoms with Crippen molar-refractivity contribution in [2.24, 2.45) is 13.0 Å². The molecule has 2 fully saturated rings. The molecule has 0 saturated carbocycles. The smallest absolute Gasteiger partial charge is 0.272 e. The van der Waals surface area contributed by atoms with Crippen LogP contribution in [0, 0.1) is 5.92 Å². The highest BCUT2D eigenvalue weighted by atomic mass is 16.5. The predicted octanol–water partition coefficient (Wildman–Crippen LogP) is 1.65. The summed E-state index contributed by atoms with van der Waals surface area (Å²) in [5.41, 5.74) is 1.94. The van der Waals surface area contributed by atoms with Crippen molar-refractivity contribution < 1.29 is 9.53 Å². The van der Waals surface area contributed by atoms with E-state index >= 15 is 0 Å². The molecule has 0 unspecified atom stereocenters. The van der Waals surface area contributed by atoms with E-state index in [1.54, 1.807) is 24.1 Å². The fourth-order valence-corrected chi connectivity index (χ4v) is 4.32. The molecule has 25 heavy (non-hydrogen) atoms. The highest BCUT2D eigenvalue weighted by molar-refractivity contribution is 5.93. The van der Waals surface area contributed by atoms with Gasteiger partial charge in [-0.05, 0) is 36.7 Å². The molecule has 3 atom stereocenters. The van der Waals surface area contributed by atoms with E-state index in [2.05, 4.69) is 27.4 Å². The number of amides is 1. The van der Waals surface area contributed by atoms with Crippen LogP contribution in [0.1, 0.15) is 28.4 Å². The standard InChI is InChI=1S/C19H24N4O2/c1-22-18(8-10-21-22)19(24)23-12-16(15-11-20-9-7-17(15)23)13-3-5-14(25-2)6-4-13/h3-6,8,10,15-17,20H,7,9,11-12H2,1-2H3/t15-,16-,17-/m1/s1. The fourth-order valence-electron chi connectivity index (χ4n) is 4.32. The average molecular weight is 340 g/mol. The normalized spacial score (nSPS) is 25.7. The molecule has 0 radical (unpaired) electrons. The number of nitrogens with zero attached hydrogens (tertiary/aromatic N) is 3. The van der Waals surface area contributed by atoms with Crippen LogP contribution in [0.4, 0.5) is 0 Å². The van der Waals surface area contributed by atoms with E-state index in [0.717, 1.165) is 31.8 Å². The topological polar surface area (TPSA) is 59.4 Å². The van der Waals surface area contributed by atoms with Gasteiger partial charge in [0.1, 0.15) is 11.4 Å². The van der Waals surface area contributed by atoms with E-state index < -0.39 is 0 Å². The van der Waals surface area contributed by atoms with Crippen LogP contribution >= 0.6 is 0 Å². The molecule has 1 N–H and O–H groups in total. The van der Waals surface area contributed by atoms with Gasteiger partial charge in [-0.1, -0.05) is 12.1 Å². The van der Waals surface area contributed by atoms with E-state index in [-0.39, 0.29) is 11.9 Å². The van der Waals surface area contributed by atoms with Gasteiger partial charge in [0.15, 0.2) is 0 Å². The number of aromatic nitrogens is 2. The third kappa shape index (κ3) is 2.80. The highest BCUT2D eigenvalue weighted by Crippen LogP contribution is 2.40. The van der Waals surface area contributed by atoms with Crippen molar-refractivity contribution in [3.05, 3.63) is 47.8 Å². The van der Waals surface area contributed by atoms with E-state index in [1.165, 1.54) is 5.56 Å². The van der Waals surface area contributed by atoms with Crippen molar-refractivity contribution in [3.63, 3.8) is 0 Å². The van der Waals surface area contributed by atoms with Gasteiger partial charge in [0.2, 0.25) is 0 Å². The van der Waals surface area contributed by atoms with Gasteiger partial charge in [-0.3, -0.25) is 9.48 Å². The van der Waals surface area contributed by atoms with Crippen LogP contribution in [0.15, 0.2) is 36.5 Å². The van der Waals surface area contributed by atoms with Crippen molar-refractivity contribution in [3.8, 4) is 5.75 Å². The molecule has 3 heterocycles. The van der Waals surface area contributed by atoms with E-state index in [9.17, 15) is 4.79 Å². The lowest BCUT2D eigenvalue weighted by molar-refractivity contribution is 0.0686. The lowest BCUT2D eigenvalue weighted by Crippen LogP contribution is -2.46. The number of aryl methyl sites for hydroxylation is 1. The molecule has 2 saturated heterocycles. The minimum atomic E-state index is 0.0907. The van der Waals surface area contributed by atoms with Crippen LogP contribution in [0.3, 0.4) is 0 Å². The molecule has 4 rings (SSSR count). The molecule has 0 spiro atoms. The van der Waals surface area contributed by atoms with E-state index in [1.807, 2.05) is 19.2 Å². The Balaban J connectivity index is 1.63. The molecule has 132 valence electrons. The Bertz CT molecular complexity index is 755. The molecule has 2 aliphatic rings. The number of ether oxygens (including phenoxy) is 1. The highest BCUT2D eigenvalue weighted by Gasteiger charge is 2.45. The number of piperidine rings is 1. The first-order valence-electron chi connectivity index (χ1n) is 8.82. The van der Waals surface area contributed by atoms with Crippen molar-refractivity contribution >= 4 is 5.91 Å². The number of likely N-dealkylation sites (tertiary alicyclic amines) is 1. The summed E-state index contributed by atoms with van der Waals surface area (Å²) < 4.78 is 6.94. The summed E-state index contributed by atoms with van der Waals surface area (Å²) in [7, 11) is 3.50. The van der Waals surface area contributed by atoms with Gasteiger partial charge in [0, 0.05) is 44.2 Å². The molecule has 2 aliphatic heterocycles. The number of methoxy groups -OCH3 is 1. The van der Waals surface area contributed by atoms with Gasteiger partial charge in [-0.2, -0.15) is 5.10 Å². The summed E-state index contributed by atoms with van der Waals surface area (Å²) >= 11 is 0. The molecule has 1 aromatic heterocycles. The molecule has 6 nitrogen and oxygen atoms in total. The lowest BCUT2D eigenvalue weighted by Gasteiger charge is -2.33. The van der Waals surface area contributed by atoms with Crippen LogP contribution in [0.25, 0.3) is 0 Å². The minimum absolute atomic E-state index is 0.0907. The molecule has 1 aromatic carbocycles. The number of hydrogen-bond donors (Lipinski definition) is 1. The first-order chi connectivity index (χ1) is 12.2. The molecular formula is C19H24N4O2. The molecule has 1 amide bonds. The number of hydrogen-bond acceptors (Lipinski definition) is 4. The van der Waals surface area contributed by atoms with Gasteiger partial charge in [0.05, 0.1) is 7.11 Å². The number of rotatable bonds is 3. The van der Waals surface area contributed by atoms with Gasteiger partial charge in [-0.15, -0.1) is 0 Å². The molecular weight excluding hydrogens is 316 g/mol. The van der Waals surface area contributed by atoms with Crippen molar-refractivity contribution in [2.75, 3.05) is 26.7 Å². The largest absolute Gasteiger partial charge is 0.497 e. The Labute approximate surface area is 147 Å². The fraction of sp³-hybridized carbons (Fsp3) is 0.474. The Hall–Kier alpha value is -2.34. The monoisotopic (exact) mass is 340 g/mol. The summed E-state index contributed by atoms with van der Waals surface area (Å²) in [5.74, 6) is 1.75. The van der Waals surface area contributed by atoms with Crippen molar-refractivity contribution in [1.82, 2.24) is 20.0 Å². The first kappa shape index (κ1) is 16.1. The van der Waals surface area contributed by atoms with Gasteiger partial charge in [0.25, 0.3) is 5.91 Å². The van der Waals surface area contributed by atoms with Gasteiger partial charge in [-0.25, -0.2) is 0 Å². The number of carbonyl (C=O) groups excluding carboxylic acids is 1. The van der Waals surface area contributed by atoms with E-state index in [0.29, 0.717) is 17.5 Å². The summed E-state index contributed by atoms with van der Waals surface area (Å²) in [4.78, 5) is 15.2. The summed E-state index contributed by atoms with van der Waals surface area (Å²) in [5, 5.41) is 7.66.